The van der Waals surface area contributed by atoms with Crippen LogP contribution in [0.2, 0.25) is 0 Å². The number of carbonyl (C=O) groups is 2. The van der Waals surface area contributed by atoms with Gasteiger partial charge in [0.2, 0.25) is 9.35 Å². The Morgan fingerprint density at radius 1 is 1.44 bits per heavy atom. The van der Waals surface area contributed by atoms with Gasteiger partial charge in [-0.3, -0.25) is 4.21 Å². The predicted octanol–water partition coefficient (Wildman–Crippen LogP) is 0.290. The molecule has 1 aromatic heterocycles. The van der Waals surface area contributed by atoms with Crippen molar-refractivity contribution >= 4 is 34.2 Å². The number of esters is 1. The number of nitrogens with zero attached hydrogens (tertiary/aromatic N) is 2. The maximum Gasteiger partial charge on any atom is 0.412 e. The molecule has 0 radical (unpaired) electrons. The molecule has 1 aromatic rings. The Morgan fingerprint density at radius 2 is 2.06 bits per heavy atom. The second-order valence-corrected chi connectivity index (χ2v) is 6.09. The van der Waals surface area contributed by atoms with Crippen LogP contribution in [0.4, 0.5) is 4.79 Å². The fourth-order valence-corrected chi connectivity index (χ4v) is 2.83. The minimum atomic E-state index is -1.32. The van der Waals surface area contributed by atoms with E-state index in [1.165, 1.54) is 0 Å². The second kappa shape index (κ2) is 5.12. The van der Waals surface area contributed by atoms with Crippen molar-refractivity contribution in [3.63, 3.8) is 0 Å². The lowest BCUT2D eigenvalue weighted by Gasteiger charge is -1.98. The molecule has 9 heteroatoms. The van der Waals surface area contributed by atoms with Gasteiger partial charge < -0.3 is 10.5 Å². The zero-order chi connectivity index (χ0) is 12.3. The lowest BCUT2D eigenvalue weighted by molar-refractivity contribution is 0.0637. The molecule has 0 aromatic carbocycles. The number of primary amides is 1. The van der Waals surface area contributed by atoms with Crippen molar-refractivity contribution in [2.45, 2.75) is 23.4 Å². The van der Waals surface area contributed by atoms with Crippen LogP contribution >= 0.6 is 11.3 Å². The van der Waals surface area contributed by atoms with E-state index in [1.807, 2.05) is 0 Å². The molecular weight excluding hydrogens is 254 g/mol. The molecule has 88 valence electrons. The summed E-state index contributed by atoms with van der Waals surface area (Å²) in [7, 11) is -1.32. The summed E-state index contributed by atoms with van der Waals surface area (Å²) >= 11 is 0.815. The van der Waals surface area contributed by atoms with E-state index in [1.54, 1.807) is 13.8 Å². The smallest absolute Gasteiger partial charge is 0.371 e. The Bertz CT molecular complexity index is 443. The molecule has 1 amide bonds. The number of rotatable bonds is 3. The maximum absolute atomic E-state index is 11.6. The van der Waals surface area contributed by atoms with Crippen LogP contribution in [0.5, 0.6) is 0 Å². The van der Waals surface area contributed by atoms with Crippen molar-refractivity contribution in [3.05, 3.63) is 5.01 Å². The van der Waals surface area contributed by atoms with E-state index in [2.05, 4.69) is 20.7 Å². The van der Waals surface area contributed by atoms with E-state index in [9.17, 15) is 13.8 Å². The van der Waals surface area contributed by atoms with Gasteiger partial charge in [0, 0.05) is 5.25 Å². The Kier molecular flexibility index (Phi) is 4.07. The zero-order valence-corrected chi connectivity index (χ0v) is 10.1. The van der Waals surface area contributed by atoms with Crippen LogP contribution in [0.1, 0.15) is 23.6 Å². The minimum absolute atomic E-state index is 0.132. The topological polar surface area (TPSA) is 112 Å². The molecule has 1 rings (SSSR count). The number of hydrogen-bond donors (Lipinski definition) is 1. The highest BCUT2D eigenvalue weighted by Crippen LogP contribution is 2.17. The summed E-state index contributed by atoms with van der Waals surface area (Å²) in [6.07, 6.45) is -1.22. The van der Waals surface area contributed by atoms with Gasteiger partial charge in [0.25, 0.3) is 0 Å². The first-order valence-corrected chi connectivity index (χ1v) is 6.20. The van der Waals surface area contributed by atoms with Crippen molar-refractivity contribution in [3.8, 4) is 0 Å². The van der Waals surface area contributed by atoms with Gasteiger partial charge in [0.15, 0.2) is 0 Å². The Balaban J connectivity index is 2.83. The monoisotopic (exact) mass is 263 g/mol. The van der Waals surface area contributed by atoms with Crippen LogP contribution in [-0.2, 0) is 15.5 Å². The van der Waals surface area contributed by atoms with Crippen LogP contribution in [0.15, 0.2) is 4.34 Å². The number of nitrogens with two attached hydrogens (primary N) is 1. The third-order valence-electron chi connectivity index (χ3n) is 1.37. The number of aromatic nitrogens is 2. The quantitative estimate of drug-likeness (QED) is 0.619. The maximum atomic E-state index is 11.6. The lowest BCUT2D eigenvalue weighted by atomic mass is 10.6. The molecule has 1 atom stereocenters. The minimum Gasteiger partial charge on any atom is -0.371 e. The summed E-state index contributed by atoms with van der Waals surface area (Å²) in [5, 5.41) is 6.77. The van der Waals surface area contributed by atoms with Gasteiger partial charge in [-0.2, -0.15) is 0 Å². The van der Waals surface area contributed by atoms with E-state index in [-0.39, 0.29) is 14.6 Å². The molecule has 7 nitrogen and oxygen atoms in total. The van der Waals surface area contributed by atoms with Crippen molar-refractivity contribution in [1.29, 1.82) is 0 Å². The van der Waals surface area contributed by atoms with E-state index in [0.29, 0.717) is 0 Å². The Labute approximate surface area is 97.5 Å². The highest BCUT2D eigenvalue weighted by molar-refractivity contribution is 7.87. The molecule has 1 unspecified atom stereocenters. The average Bonchev–Trinajstić information content (AvgIpc) is 2.63. The van der Waals surface area contributed by atoms with Gasteiger partial charge in [-0.25, -0.2) is 9.59 Å². The van der Waals surface area contributed by atoms with Crippen molar-refractivity contribution in [1.82, 2.24) is 10.2 Å². The Morgan fingerprint density at radius 3 is 2.56 bits per heavy atom. The van der Waals surface area contributed by atoms with Crippen LogP contribution in [0.3, 0.4) is 0 Å². The first-order chi connectivity index (χ1) is 7.41. The molecular formula is C7H9N3O4S2. The van der Waals surface area contributed by atoms with Crippen LogP contribution in [0.25, 0.3) is 0 Å². The summed E-state index contributed by atoms with van der Waals surface area (Å²) in [5.41, 5.74) is 4.66. The highest BCUT2D eigenvalue weighted by Gasteiger charge is 2.20. The first kappa shape index (κ1) is 12.7. The zero-order valence-electron chi connectivity index (χ0n) is 8.50. The highest BCUT2D eigenvalue weighted by atomic mass is 32.2. The molecule has 16 heavy (non-hydrogen) atoms. The third-order valence-corrected chi connectivity index (χ3v) is 4.10. The molecule has 0 spiro atoms. The summed E-state index contributed by atoms with van der Waals surface area (Å²) < 4.78 is 15.9. The summed E-state index contributed by atoms with van der Waals surface area (Å²) in [4.78, 5) is 21.5. The van der Waals surface area contributed by atoms with E-state index >= 15 is 0 Å². The average molecular weight is 263 g/mol. The molecule has 0 aliphatic heterocycles. The molecule has 0 saturated carbocycles. The first-order valence-electron chi connectivity index (χ1n) is 4.17. The molecule has 0 aliphatic rings. The van der Waals surface area contributed by atoms with E-state index in [4.69, 9.17) is 0 Å². The van der Waals surface area contributed by atoms with Gasteiger partial charge in [-0.1, -0.05) is 25.2 Å². The summed E-state index contributed by atoms with van der Waals surface area (Å²) in [6, 6.07) is 0. The summed E-state index contributed by atoms with van der Waals surface area (Å²) in [5.74, 6) is -0.989. The number of amides is 1. The van der Waals surface area contributed by atoms with Crippen LogP contribution < -0.4 is 5.73 Å². The van der Waals surface area contributed by atoms with Crippen LogP contribution in [-0.4, -0.2) is 31.7 Å². The fraction of sp³-hybridized carbons (Fsp3) is 0.429. The van der Waals surface area contributed by atoms with Gasteiger partial charge in [-0.05, 0) is 0 Å². The number of carbonyl (C=O) groups excluding carboxylic acids is 2. The molecule has 0 bridgehead atoms. The van der Waals surface area contributed by atoms with Gasteiger partial charge in [0.1, 0.15) is 0 Å². The standard InChI is InChI=1S/C7H9N3O4S2/c1-3(2)16(13)7-10-9-4(15-7)5(11)14-6(8)12/h3H,1-2H3,(H2,8,12). The number of ether oxygens (including phenoxy) is 1. The molecule has 2 N–H and O–H groups in total. The second-order valence-electron chi connectivity index (χ2n) is 2.93. The van der Waals surface area contributed by atoms with Crippen molar-refractivity contribution < 1.29 is 18.5 Å². The molecule has 0 aliphatic carbocycles. The molecule has 0 fully saturated rings. The molecule has 1 heterocycles. The number of hydrogen-bond acceptors (Lipinski definition) is 7. The van der Waals surface area contributed by atoms with Crippen molar-refractivity contribution in [2.24, 2.45) is 5.73 Å². The lowest BCUT2D eigenvalue weighted by Crippen LogP contribution is -2.18. The van der Waals surface area contributed by atoms with Gasteiger partial charge in [-0.15, -0.1) is 10.2 Å². The normalized spacial score (nSPS) is 12.4. The third kappa shape index (κ3) is 3.07. The largest absolute Gasteiger partial charge is 0.412 e. The summed E-state index contributed by atoms with van der Waals surface area (Å²) in [6.45, 7) is 3.50. The van der Waals surface area contributed by atoms with E-state index < -0.39 is 22.9 Å². The molecule has 0 saturated heterocycles. The van der Waals surface area contributed by atoms with Crippen molar-refractivity contribution in [2.75, 3.05) is 0 Å². The van der Waals surface area contributed by atoms with Gasteiger partial charge >= 0.3 is 12.1 Å². The predicted molar refractivity (Wildman–Crippen MR) is 56.5 cm³/mol. The SMILES string of the molecule is CC(C)S(=O)c1nnc(C(=O)OC(N)=O)s1. The van der Waals surface area contributed by atoms with E-state index in [0.717, 1.165) is 11.3 Å². The Hall–Kier alpha value is -1.35. The van der Waals surface area contributed by atoms with Gasteiger partial charge in [0.05, 0.1) is 10.8 Å². The fourth-order valence-electron chi connectivity index (χ4n) is 0.710. The van der Waals surface area contributed by atoms with Crippen LogP contribution in [0, 0.1) is 0 Å².